The number of aliphatic imine (C=N–C) groups is 1. The third-order valence-electron chi connectivity index (χ3n) is 2.23. The Morgan fingerprint density at radius 3 is 2.72 bits per heavy atom. The zero-order chi connectivity index (χ0) is 13.1. The number of anilines is 1. The van der Waals surface area contributed by atoms with Gasteiger partial charge in [-0.25, -0.2) is 0 Å². The maximum absolute atomic E-state index is 11.5. The number of para-hydroxylation sites is 2. The second-order valence-corrected chi connectivity index (χ2v) is 3.90. The Hall–Kier alpha value is -2.41. The molecule has 6 nitrogen and oxygen atoms in total. The van der Waals surface area contributed by atoms with Gasteiger partial charge in [-0.05, 0) is 24.4 Å². The number of nitrogens with zero attached hydrogens (tertiary/aromatic N) is 1. The van der Waals surface area contributed by atoms with Gasteiger partial charge in [0.15, 0.2) is 4.77 Å². The summed E-state index contributed by atoms with van der Waals surface area (Å²) in [5.41, 5.74) is 6.16. The molecule has 0 aliphatic heterocycles. The van der Waals surface area contributed by atoms with E-state index in [4.69, 9.17) is 18.0 Å². The van der Waals surface area contributed by atoms with Crippen LogP contribution in [-0.4, -0.2) is 21.3 Å². The lowest BCUT2D eigenvalue weighted by Crippen LogP contribution is -2.13. The second kappa shape index (κ2) is 4.84. The van der Waals surface area contributed by atoms with E-state index in [2.05, 4.69) is 15.0 Å². The van der Waals surface area contributed by atoms with E-state index in [1.165, 1.54) is 6.21 Å². The van der Waals surface area contributed by atoms with Crippen LogP contribution in [0.5, 0.6) is 5.88 Å². The van der Waals surface area contributed by atoms with Gasteiger partial charge < -0.3 is 15.8 Å². The van der Waals surface area contributed by atoms with Gasteiger partial charge in [0.2, 0.25) is 5.88 Å². The van der Waals surface area contributed by atoms with Gasteiger partial charge in [-0.2, -0.15) is 0 Å². The van der Waals surface area contributed by atoms with Gasteiger partial charge >= 0.3 is 0 Å². The minimum atomic E-state index is -0.519. The molecule has 7 heteroatoms. The van der Waals surface area contributed by atoms with Crippen molar-refractivity contribution < 1.29 is 5.11 Å². The molecule has 0 saturated heterocycles. The molecule has 0 spiro atoms. The number of nitrogens with two attached hydrogens (primary N) is 1. The van der Waals surface area contributed by atoms with Crippen molar-refractivity contribution >= 4 is 29.8 Å². The number of nitrogen functional groups attached to an aromatic ring is 1. The van der Waals surface area contributed by atoms with Gasteiger partial charge in [-0.15, -0.1) is 0 Å². The Morgan fingerprint density at radius 2 is 2.06 bits per heavy atom. The Labute approximate surface area is 107 Å². The van der Waals surface area contributed by atoms with Gasteiger partial charge in [0, 0.05) is 6.21 Å². The van der Waals surface area contributed by atoms with E-state index in [0.717, 1.165) is 0 Å². The van der Waals surface area contributed by atoms with Crippen molar-refractivity contribution in [2.75, 3.05) is 5.73 Å². The molecule has 2 aromatic rings. The number of nitrogens with one attached hydrogen (secondary N) is 2. The number of aromatic amines is 2. The summed E-state index contributed by atoms with van der Waals surface area (Å²) in [6.07, 6.45) is 1.23. The zero-order valence-corrected chi connectivity index (χ0v) is 9.99. The molecule has 0 bridgehead atoms. The highest BCUT2D eigenvalue weighted by molar-refractivity contribution is 7.71. The summed E-state index contributed by atoms with van der Waals surface area (Å²) in [6, 6.07) is 6.93. The molecule has 1 aromatic carbocycles. The van der Waals surface area contributed by atoms with Gasteiger partial charge in [0.1, 0.15) is 5.56 Å². The van der Waals surface area contributed by atoms with Crippen molar-refractivity contribution in [3.63, 3.8) is 0 Å². The molecule has 0 aliphatic rings. The lowest BCUT2D eigenvalue weighted by atomic mass is 10.3. The molecular weight excluding hydrogens is 252 g/mol. The van der Waals surface area contributed by atoms with Crippen LogP contribution in [0.3, 0.4) is 0 Å². The number of aromatic hydroxyl groups is 1. The van der Waals surface area contributed by atoms with E-state index in [0.29, 0.717) is 11.4 Å². The van der Waals surface area contributed by atoms with Gasteiger partial charge in [-0.3, -0.25) is 14.8 Å². The SMILES string of the molecule is Nc1ccccc1N=Cc1c(O)[nH]c(=S)[nH]c1=O. The van der Waals surface area contributed by atoms with Gasteiger partial charge in [0.05, 0.1) is 11.4 Å². The average molecular weight is 262 g/mol. The first kappa shape index (κ1) is 12.1. The quantitative estimate of drug-likeness (QED) is 0.373. The van der Waals surface area contributed by atoms with Crippen LogP contribution in [-0.2, 0) is 0 Å². The van der Waals surface area contributed by atoms with E-state index in [9.17, 15) is 9.90 Å². The Balaban J connectivity index is 2.45. The minimum absolute atomic E-state index is 0.00754. The molecular formula is C11H10N4O2S. The third-order valence-corrected chi connectivity index (χ3v) is 2.43. The Morgan fingerprint density at radius 1 is 1.33 bits per heavy atom. The van der Waals surface area contributed by atoms with Crippen LogP contribution in [0.2, 0.25) is 0 Å². The standard InChI is InChI=1S/C11H10N4O2S/c12-7-3-1-2-4-8(7)13-5-6-9(16)14-11(18)15-10(6)17/h1-5H,12H2,(H3,14,15,16,17,18). The fourth-order valence-corrected chi connectivity index (χ4v) is 1.53. The van der Waals surface area contributed by atoms with Crippen LogP contribution in [0.15, 0.2) is 34.1 Å². The molecule has 0 unspecified atom stereocenters. The first-order chi connectivity index (χ1) is 8.58. The number of hydrogen-bond acceptors (Lipinski definition) is 5. The molecule has 0 radical (unpaired) electrons. The molecule has 0 fully saturated rings. The van der Waals surface area contributed by atoms with Gasteiger partial charge in [-0.1, -0.05) is 12.1 Å². The summed E-state index contributed by atoms with van der Waals surface area (Å²) in [7, 11) is 0. The monoisotopic (exact) mass is 262 g/mol. The summed E-state index contributed by atoms with van der Waals surface area (Å²) in [4.78, 5) is 20.4. The molecule has 0 aliphatic carbocycles. The highest BCUT2D eigenvalue weighted by Crippen LogP contribution is 2.20. The van der Waals surface area contributed by atoms with Gasteiger partial charge in [0.25, 0.3) is 5.56 Å². The van der Waals surface area contributed by atoms with Crippen molar-refractivity contribution in [3.05, 3.63) is 45.0 Å². The first-order valence-corrected chi connectivity index (χ1v) is 5.43. The molecule has 1 aromatic heterocycles. The lowest BCUT2D eigenvalue weighted by Gasteiger charge is -1.99. The first-order valence-electron chi connectivity index (χ1n) is 5.02. The molecule has 0 atom stereocenters. The number of hydrogen-bond donors (Lipinski definition) is 4. The van der Waals surface area contributed by atoms with E-state index in [1.807, 2.05) is 0 Å². The summed E-state index contributed by atoms with van der Waals surface area (Å²) in [5.74, 6) is -0.331. The molecule has 2 rings (SSSR count). The molecule has 0 saturated carbocycles. The smallest absolute Gasteiger partial charge is 0.264 e. The van der Waals surface area contributed by atoms with Crippen LogP contribution in [0.25, 0.3) is 0 Å². The predicted octanol–water partition coefficient (Wildman–Crippen LogP) is 1.47. The van der Waals surface area contributed by atoms with Crippen LogP contribution in [0, 0.1) is 4.77 Å². The van der Waals surface area contributed by atoms with Crippen molar-refractivity contribution in [1.29, 1.82) is 0 Å². The number of rotatable bonds is 2. The molecule has 0 amide bonds. The number of aromatic nitrogens is 2. The van der Waals surface area contributed by atoms with E-state index in [-0.39, 0.29) is 16.2 Å². The summed E-state index contributed by atoms with van der Waals surface area (Å²) in [5, 5.41) is 9.55. The summed E-state index contributed by atoms with van der Waals surface area (Å²) >= 11 is 4.71. The van der Waals surface area contributed by atoms with Crippen LogP contribution < -0.4 is 11.3 Å². The minimum Gasteiger partial charge on any atom is -0.494 e. The maximum atomic E-state index is 11.5. The highest BCUT2D eigenvalue weighted by Gasteiger charge is 2.04. The van der Waals surface area contributed by atoms with Crippen molar-refractivity contribution in [2.45, 2.75) is 0 Å². The normalized spacial score (nSPS) is 10.9. The third kappa shape index (κ3) is 2.46. The number of benzene rings is 1. The predicted molar refractivity (Wildman–Crippen MR) is 72.0 cm³/mol. The second-order valence-electron chi connectivity index (χ2n) is 3.49. The van der Waals surface area contributed by atoms with Crippen molar-refractivity contribution in [2.24, 2.45) is 4.99 Å². The number of H-pyrrole nitrogens is 2. The van der Waals surface area contributed by atoms with E-state index >= 15 is 0 Å². The topological polar surface area (TPSA) is 107 Å². The van der Waals surface area contributed by atoms with E-state index < -0.39 is 5.56 Å². The van der Waals surface area contributed by atoms with Crippen LogP contribution >= 0.6 is 12.2 Å². The Kier molecular flexibility index (Phi) is 3.24. The summed E-state index contributed by atoms with van der Waals surface area (Å²) < 4.78 is 0.0499. The molecule has 1 heterocycles. The maximum Gasteiger partial charge on any atom is 0.264 e. The molecule has 5 N–H and O–H groups in total. The fourth-order valence-electron chi connectivity index (χ4n) is 1.34. The van der Waals surface area contributed by atoms with Crippen LogP contribution in [0.1, 0.15) is 5.56 Å². The summed E-state index contributed by atoms with van der Waals surface area (Å²) in [6.45, 7) is 0. The fraction of sp³-hybridized carbons (Fsp3) is 0. The highest BCUT2D eigenvalue weighted by atomic mass is 32.1. The van der Waals surface area contributed by atoms with Crippen molar-refractivity contribution in [3.8, 4) is 5.88 Å². The Bertz CT molecular complexity index is 717. The molecule has 92 valence electrons. The lowest BCUT2D eigenvalue weighted by molar-refractivity contribution is 0.449. The van der Waals surface area contributed by atoms with Crippen LogP contribution in [0.4, 0.5) is 11.4 Å². The largest absolute Gasteiger partial charge is 0.494 e. The zero-order valence-electron chi connectivity index (χ0n) is 9.18. The average Bonchev–Trinajstić information content (AvgIpc) is 2.30. The molecule has 18 heavy (non-hydrogen) atoms. The van der Waals surface area contributed by atoms with E-state index in [1.54, 1.807) is 24.3 Å². The van der Waals surface area contributed by atoms with Crippen molar-refractivity contribution in [1.82, 2.24) is 9.97 Å².